The SMILES string of the molecule is CCSc1nnc(C(F)F)n1/N=C/c1ccc(COc2cccc(Cl)c2Cl)o1. The molecule has 3 rings (SSSR count). The van der Waals surface area contributed by atoms with Gasteiger partial charge in [-0.15, -0.1) is 10.2 Å². The van der Waals surface area contributed by atoms with Gasteiger partial charge in [0.05, 0.1) is 11.2 Å². The molecule has 2 heterocycles. The summed E-state index contributed by atoms with van der Waals surface area (Å²) in [7, 11) is 0. The Balaban J connectivity index is 1.71. The molecule has 0 spiro atoms. The molecule has 6 nitrogen and oxygen atoms in total. The monoisotopic (exact) mass is 446 g/mol. The number of aromatic nitrogens is 3. The van der Waals surface area contributed by atoms with Crippen LogP contribution in [0.4, 0.5) is 8.78 Å². The minimum Gasteiger partial charge on any atom is -0.484 e. The van der Waals surface area contributed by atoms with Crippen LogP contribution in [0.3, 0.4) is 0 Å². The first-order valence-electron chi connectivity index (χ1n) is 8.05. The Kier molecular flexibility index (Phi) is 6.93. The predicted octanol–water partition coefficient (Wildman–Crippen LogP) is 5.69. The summed E-state index contributed by atoms with van der Waals surface area (Å²) >= 11 is 13.3. The fraction of sp³-hybridized carbons (Fsp3) is 0.235. The minimum atomic E-state index is -2.79. The van der Waals surface area contributed by atoms with E-state index in [1.165, 1.54) is 18.0 Å². The Bertz CT molecular complexity index is 978. The van der Waals surface area contributed by atoms with Crippen molar-refractivity contribution in [2.45, 2.75) is 25.1 Å². The summed E-state index contributed by atoms with van der Waals surface area (Å²) in [4.78, 5) is 0. The molecule has 0 atom stereocenters. The van der Waals surface area contributed by atoms with Gasteiger partial charge in [0, 0.05) is 0 Å². The van der Waals surface area contributed by atoms with Crippen molar-refractivity contribution in [1.29, 1.82) is 0 Å². The Morgan fingerprint density at radius 1 is 1.29 bits per heavy atom. The number of thioether (sulfide) groups is 1. The molecule has 0 saturated heterocycles. The lowest BCUT2D eigenvalue weighted by atomic mass is 10.3. The predicted molar refractivity (Wildman–Crippen MR) is 104 cm³/mol. The lowest BCUT2D eigenvalue weighted by molar-refractivity contribution is 0.135. The standard InChI is InChI=1S/C17H14Cl2F2N4O2S/c1-2-28-17-24-23-16(15(20)21)25(17)22-8-10-6-7-11(27-10)9-26-13-5-3-4-12(18)14(13)19/h3-8,15H,2,9H2,1H3/b22-8+. The van der Waals surface area contributed by atoms with Crippen LogP contribution in [0.25, 0.3) is 0 Å². The maximum Gasteiger partial charge on any atom is 0.299 e. The van der Waals surface area contributed by atoms with Gasteiger partial charge >= 0.3 is 0 Å². The van der Waals surface area contributed by atoms with Crippen LogP contribution in [0.2, 0.25) is 10.0 Å². The summed E-state index contributed by atoms with van der Waals surface area (Å²) in [5, 5.41) is 12.2. The molecular weight excluding hydrogens is 433 g/mol. The highest BCUT2D eigenvalue weighted by molar-refractivity contribution is 7.99. The number of hydrogen-bond donors (Lipinski definition) is 0. The van der Waals surface area contributed by atoms with E-state index in [9.17, 15) is 8.78 Å². The number of rotatable bonds is 8. The van der Waals surface area contributed by atoms with E-state index in [2.05, 4.69) is 15.3 Å². The molecule has 0 aliphatic carbocycles. The highest BCUT2D eigenvalue weighted by Gasteiger charge is 2.20. The van der Waals surface area contributed by atoms with E-state index in [0.717, 1.165) is 4.68 Å². The Labute approximate surface area is 173 Å². The Morgan fingerprint density at radius 2 is 2.11 bits per heavy atom. The summed E-state index contributed by atoms with van der Waals surface area (Å²) < 4.78 is 38.3. The molecular formula is C17H14Cl2F2N4O2S. The van der Waals surface area contributed by atoms with Crippen molar-refractivity contribution in [3.63, 3.8) is 0 Å². The van der Waals surface area contributed by atoms with Crippen LogP contribution in [0.1, 0.15) is 30.7 Å². The molecule has 2 aromatic heterocycles. The average Bonchev–Trinajstić information content (AvgIpc) is 3.28. The molecule has 0 aliphatic rings. The molecule has 1 aromatic carbocycles. The first kappa shape index (κ1) is 20.6. The topological polar surface area (TPSA) is 65.4 Å². The highest BCUT2D eigenvalue weighted by Crippen LogP contribution is 2.32. The molecule has 0 unspecified atom stereocenters. The first-order chi connectivity index (χ1) is 13.5. The van der Waals surface area contributed by atoms with Crippen LogP contribution in [-0.2, 0) is 6.61 Å². The molecule has 0 N–H and O–H groups in total. The average molecular weight is 447 g/mol. The van der Waals surface area contributed by atoms with Crippen LogP contribution < -0.4 is 4.74 Å². The third-order valence-electron chi connectivity index (χ3n) is 3.37. The van der Waals surface area contributed by atoms with Gasteiger partial charge in [-0.3, -0.25) is 0 Å². The van der Waals surface area contributed by atoms with Crippen molar-refractivity contribution in [1.82, 2.24) is 14.9 Å². The van der Waals surface area contributed by atoms with E-state index in [4.69, 9.17) is 32.4 Å². The van der Waals surface area contributed by atoms with Crippen molar-refractivity contribution >= 4 is 41.2 Å². The van der Waals surface area contributed by atoms with Crippen LogP contribution in [0, 0.1) is 0 Å². The molecule has 0 saturated carbocycles. The number of benzene rings is 1. The molecule has 0 fully saturated rings. The van der Waals surface area contributed by atoms with Crippen molar-refractivity contribution < 1.29 is 17.9 Å². The minimum absolute atomic E-state index is 0.111. The van der Waals surface area contributed by atoms with Gasteiger partial charge in [0.2, 0.25) is 11.0 Å². The van der Waals surface area contributed by atoms with E-state index in [-0.39, 0.29) is 11.8 Å². The number of alkyl halides is 2. The second-order valence-electron chi connectivity index (χ2n) is 5.28. The highest BCUT2D eigenvalue weighted by atomic mass is 35.5. The number of ether oxygens (including phenoxy) is 1. The van der Waals surface area contributed by atoms with Gasteiger partial charge in [-0.25, -0.2) is 8.78 Å². The van der Waals surface area contributed by atoms with Gasteiger partial charge in [-0.1, -0.05) is 48.0 Å². The van der Waals surface area contributed by atoms with Crippen LogP contribution in [0.15, 0.2) is 45.0 Å². The maximum absolute atomic E-state index is 13.1. The van der Waals surface area contributed by atoms with Gasteiger partial charge in [-0.2, -0.15) is 9.78 Å². The van der Waals surface area contributed by atoms with Gasteiger partial charge in [0.25, 0.3) is 6.43 Å². The second-order valence-corrected chi connectivity index (χ2v) is 7.29. The molecule has 0 radical (unpaired) electrons. The second kappa shape index (κ2) is 9.40. The van der Waals surface area contributed by atoms with Gasteiger partial charge in [-0.05, 0) is 30.0 Å². The van der Waals surface area contributed by atoms with E-state index < -0.39 is 12.2 Å². The third kappa shape index (κ3) is 4.84. The van der Waals surface area contributed by atoms with E-state index in [1.807, 2.05) is 6.92 Å². The van der Waals surface area contributed by atoms with Crippen molar-refractivity contribution in [3.8, 4) is 5.75 Å². The van der Waals surface area contributed by atoms with Gasteiger partial charge in [0.15, 0.2) is 0 Å². The molecule has 0 aliphatic heterocycles. The number of nitrogens with zero attached hydrogens (tertiary/aromatic N) is 4. The Morgan fingerprint density at radius 3 is 2.86 bits per heavy atom. The van der Waals surface area contributed by atoms with E-state index >= 15 is 0 Å². The summed E-state index contributed by atoms with van der Waals surface area (Å²) in [6.07, 6.45) is -1.48. The Hall–Kier alpha value is -2.10. The first-order valence-corrected chi connectivity index (χ1v) is 9.80. The molecule has 148 valence electrons. The molecule has 3 aromatic rings. The summed E-state index contributed by atoms with van der Waals surface area (Å²) in [6, 6.07) is 8.38. The van der Waals surface area contributed by atoms with Crippen LogP contribution in [-0.4, -0.2) is 26.8 Å². The molecule has 0 bridgehead atoms. The van der Waals surface area contributed by atoms with E-state index in [0.29, 0.717) is 33.1 Å². The number of hydrogen-bond acceptors (Lipinski definition) is 6. The molecule has 28 heavy (non-hydrogen) atoms. The molecule has 11 heteroatoms. The third-order valence-corrected chi connectivity index (χ3v) is 4.98. The molecule has 0 amide bonds. The van der Waals surface area contributed by atoms with Gasteiger partial charge in [0.1, 0.15) is 28.9 Å². The maximum atomic E-state index is 13.1. The zero-order valence-electron chi connectivity index (χ0n) is 14.5. The quantitative estimate of drug-likeness (QED) is 0.328. The van der Waals surface area contributed by atoms with Gasteiger partial charge < -0.3 is 9.15 Å². The normalized spacial score (nSPS) is 11.6. The fourth-order valence-electron chi connectivity index (χ4n) is 2.14. The lowest BCUT2D eigenvalue weighted by Gasteiger charge is -2.07. The van der Waals surface area contributed by atoms with Crippen LogP contribution in [0.5, 0.6) is 5.75 Å². The summed E-state index contributed by atoms with van der Waals surface area (Å²) in [5.41, 5.74) is 0. The summed E-state index contributed by atoms with van der Waals surface area (Å²) in [6.45, 7) is 1.99. The van der Waals surface area contributed by atoms with E-state index in [1.54, 1.807) is 30.3 Å². The van der Waals surface area contributed by atoms with Crippen LogP contribution >= 0.6 is 35.0 Å². The zero-order chi connectivity index (χ0) is 20.1. The smallest absolute Gasteiger partial charge is 0.299 e. The number of furan rings is 1. The van der Waals surface area contributed by atoms with Crippen molar-refractivity contribution in [3.05, 3.63) is 57.7 Å². The lowest BCUT2D eigenvalue weighted by Crippen LogP contribution is -2.00. The largest absolute Gasteiger partial charge is 0.484 e. The van der Waals surface area contributed by atoms with Crippen molar-refractivity contribution in [2.75, 3.05) is 5.75 Å². The fourth-order valence-corrected chi connectivity index (χ4v) is 3.11. The summed E-state index contributed by atoms with van der Waals surface area (Å²) in [5.74, 6) is 1.40. The van der Waals surface area contributed by atoms with Crippen molar-refractivity contribution in [2.24, 2.45) is 5.10 Å². The zero-order valence-corrected chi connectivity index (χ0v) is 16.8. The number of halogens is 4.